The second kappa shape index (κ2) is 5.66. The van der Waals surface area contributed by atoms with Crippen molar-refractivity contribution in [2.45, 2.75) is 23.6 Å². The van der Waals surface area contributed by atoms with Crippen LogP contribution < -0.4 is 9.88 Å². The number of alkyl halides is 6. The second-order valence-corrected chi connectivity index (χ2v) is 5.15. The molecule has 1 heterocycles. The molecule has 12 heteroatoms. The lowest BCUT2D eigenvalue weighted by Gasteiger charge is -2.15. The van der Waals surface area contributed by atoms with Crippen molar-refractivity contribution >= 4 is 21.6 Å². The van der Waals surface area contributed by atoms with Crippen LogP contribution in [0.5, 0.6) is 5.75 Å². The molecule has 0 aliphatic rings. The summed E-state index contributed by atoms with van der Waals surface area (Å²) in [6.45, 7) is 0. The van der Waals surface area contributed by atoms with Crippen LogP contribution in [0.1, 0.15) is 17.8 Å². The van der Waals surface area contributed by atoms with E-state index in [4.69, 9.17) is 11.6 Å². The Kier molecular flexibility index (Phi) is 4.77. The molecule has 0 aliphatic heterocycles. The molecule has 0 bridgehead atoms. The summed E-state index contributed by atoms with van der Waals surface area (Å²) in [7, 11) is -4.75. The van der Waals surface area contributed by atoms with Crippen molar-refractivity contribution in [1.29, 1.82) is 0 Å². The molecule has 2 N–H and O–H groups in total. The SMILES string of the molecule is NS(=O)(=O)c1cc(C(F)F)nc(CCl)c1OC(F)(F)F. The first kappa shape index (κ1) is 16.9. The fourth-order valence-electron chi connectivity index (χ4n) is 1.22. The predicted molar refractivity (Wildman–Crippen MR) is 56.8 cm³/mol. The van der Waals surface area contributed by atoms with Gasteiger partial charge in [0.2, 0.25) is 10.0 Å². The number of hydrogen-bond donors (Lipinski definition) is 1. The Hall–Kier alpha value is -1.20. The van der Waals surface area contributed by atoms with Gasteiger partial charge in [0.15, 0.2) is 5.75 Å². The van der Waals surface area contributed by atoms with E-state index in [0.29, 0.717) is 0 Å². The Morgan fingerprint density at radius 1 is 1.40 bits per heavy atom. The maximum absolute atomic E-state index is 12.5. The van der Waals surface area contributed by atoms with Gasteiger partial charge in [0, 0.05) is 0 Å². The van der Waals surface area contributed by atoms with Gasteiger partial charge in [-0.05, 0) is 6.07 Å². The first-order chi connectivity index (χ1) is 8.95. The van der Waals surface area contributed by atoms with Crippen LogP contribution in [0.2, 0.25) is 0 Å². The molecule has 1 aromatic heterocycles. The number of nitrogens with zero attached hydrogens (tertiary/aromatic N) is 1. The summed E-state index contributed by atoms with van der Waals surface area (Å²) in [4.78, 5) is 1.85. The zero-order chi connectivity index (χ0) is 15.7. The van der Waals surface area contributed by atoms with Gasteiger partial charge < -0.3 is 4.74 Å². The third-order valence-electron chi connectivity index (χ3n) is 1.90. The number of pyridine rings is 1. The highest BCUT2D eigenvalue weighted by Crippen LogP contribution is 2.35. The topological polar surface area (TPSA) is 82.3 Å². The van der Waals surface area contributed by atoms with Crippen LogP contribution in [0.15, 0.2) is 11.0 Å². The minimum atomic E-state index is -5.27. The Labute approximate surface area is 114 Å². The van der Waals surface area contributed by atoms with Crippen molar-refractivity contribution in [1.82, 2.24) is 4.98 Å². The standard InChI is InChI=1S/C8H6ClF5N2O3S/c9-2-4-6(19-8(12,13)14)5(20(15,17)18)1-3(16-4)7(10)11/h1,7H,2H2,(H2,15,17,18). The quantitative estimate of drug-likeness (QED) is 0.673. The van der Waals surface area contributed by atoms with Crippen molar-refractivity contribution in [3.63, 3.8) is 0 Å². The molecule has 0 saturated heterocycles. The van der Waals surface area contributed by atoms with E-state index in [-0.39, 0.29) is 6.07 Å². The number of hydrogen-bond acceptors (Lipinski definition) is 4. The molecule has 0 aliphatic carbocycles. The molecule has 0 radical (unpaired) electrons. The lowest BCUT2D eigenvalue weighted by Crippen LogP contribution is -2.23. The Morgan fingerprint density at radius 3 is 2.30 bits per heavy atom. The van der Waals surface area contributed by atoms with Crippen LogP contribution in [0, 0.1) is 0 Å². The Morgan fingerprint density at radius 2 is 1.95 bits per heavy atom. The van der Waals surface area contributed by atoms with Gasteiger partial charge in [0.25, 0.3) is 6.43 Å². The summed E-state index contributed by atoms with van der Waals surface area (Å²) < 4.78 is 87.5. The van der Waals surface area contributed by atoms with E-state index in [0.717, 1.165) is 0 Å². The van der Waals surface area contributed by atoms with Crippen molar-refractivity contribution < 1.29 is 35.1 Å². The van der Waals surface area contributed by atoms with E-state index in [1.165, 1.54) is 0 Å². The summed E-state index contributed by atoms with van der Waals surface area (Å²) in [6, 6.07) is 0.205. The fraction of sp³-hybridized carbons (Fsp3) is 0.375. The highest BCUT2D eigenvalue weighted by atomic mass is 35.5. The number of aromatic nitrogens is 1. The van der Waals surface area contributed by atoms with Gasteiger partial charge in [-0.3, -0.25) is 0 Å². The number of sulfonamides is 1. The molecule has 0 saturated carbocycles. The molecule has 0 aromatic carbocycles. The minimum absolute atomic E-state index is 0.205. The zero-order valence-electron chi connectivity index (χ0n) is 9.29. The molecule has 0 spiro atoms. The van der Waals surface area contributed by atoms with Crippen LogP contribution in [0.3, 0.4) is 0 Å². The molecular formula is C8H6ClF5N2O3S. The van der Waals surface area contributed by atoms with E-state index in [1.807, 2.05) is 0 Å². The zero-order valence-corrected chi connectivity index (χ0v) is 10.9. The summed E-state index contributed by atoms with van der Waals surface area (Å²) in [6.07, 6.45) is -8.49. The third kappa shape index (κ3) is 4.15. The maximum atomic E-state index is 12.5. The first-order valence-electron chi connectivity index (χ1n) is 4.62. The molecule has 1 aromatic rings. The monoisotopic (exact) mass is 340 g/mol. The third-order valence-corrected chi connectivity index (χ3v) is 3.07. The lowest BCUT2D eigenvalue weighted by atomic mass is 10.3. The van der Waals surface area contributed by atoms with E-state index in [9.17, 15) is 30.4 Å². The van der Waals surface area contributed by atoms with Gasteiger partial charge in [-0.1, -0.05) is 0 Å². The largest absolute Gasteiger partial charge is 0.573 e. The number of primary sulfonamides is 1. The Bertz CT molecular complexity index is 605. The molecule has 0 amide bonds. The molecule has 5 nitrogen and oxygen atoms in total. The van der Waals surface area contributed by atoms with Crippen LogP contribution in [-0.4, -0.2) is 19.8 Å². The van der Waals surface area contributed by atoms with Gasteiger partial charge in [0.05, 0.1) is 11.6 Å². The predicted octanol–water partition coefficient (Wildman–Crippen LogP) is 2.30. The van der Waals surface area contributed by atoms with E-state index in [2.05, 4.69) is 14.9 Å². The highest BCUT2D eigenvalue weighted by Gasteiger charge is 2.36. The van der Waals surface area contributed by atoms with E-state index >= 15 is 0 Å². The van der Waals surface area contributed by atoms with E-state index < -0.39 is 50.7 Å². The normalized spacial score (nSPS) is 12.8. The van der Waals surface area contributed by atoms with Crippen LogP contribution in [0.25, 0.3) is 0 Å². The van der Waals surface area contributed by atoms with Gasteiger partial charge in [-0.2, -0.15) is 0 Å². The van der Waals surface area contributed by atoms with Crippen LogP contribution in [-0.2, 0) is 15.9 Å². The summed E-state index contributed by atoms with van der Waals surface area (Å²) in [5.74, 6) is -2.10. The summed E-state index contributed by atoms with van der Waals surface area (Å²) in [5.41, 5.74) is -1.90. The molecule has 0 atom stereocenters. The summed E-state index contributed by atoms with van der Waals surface area (Å²) >= 11 is 5.27. The molecule has 114 valence electrons. The highest BCUT2D eigenvalue weighted by molar-refractivity contribution is 7.89. The van der Waals surface area contributed by atoms with Crippen molar-refractivity contribution in [2.75, 3.05) is 0 Å². The fourth-order valence-corrected chi connectivity index (χ4v) is 2.10. The maximum Gasteiger partial charge on any atom is 0.573 e. The van der Waals surface area contributed by atoms with Gasteiger partial charge >= 0.3 is 6.36 Å². The number of nitrogens with two attached hydrogens (primary N) is 1. The number of rotatable bonds is 4. The number of halogens is 6. The molecule has 20 heavy (non-hydrogen) atoms. The summed E-state index contributed by atoms with van der Waals surface area (Å²) in [5, 5.41) is 4.68. The average Bonchev–Trinajstić information content (AvgIpc) is 2.25. The van der Waals surface area contributed by atoms with Crippen LogP contribution in [0.4, 0.5) is 22.0 Å². The molecule has 0 unspecified atom stereocenters. The Balaban J connectivity index is 3.61. The van der Waals surface area contributed by atoms with Crippen molar-refractivity contribution in [3.05, 3.63) is 17.5 Å². The van der Waals surface area contributed by atoms with Gasteiger partial charge in [-0.25, -0.2) is 27.3 Å². The van der Waals surface area contributed by atoms with Crippen LogP contribution >= 0.6 is 11.6 Å². The second-order valence-electron chi connectivity index (χ2n) is 3.35. The van der Waals surface area contributed by atoms with Crippen molar-refractivity contribution in [2.24, 2.45) is 5.14 Å². The first-order valence-corrected chi connectivity index (χ1v) is 6.70. The minimum Gasteiger partial charge on any atom is -0.402 e. The lowest BCUT2D eigenvalue weighted by molar-refractivity contribution is -0.276. The van der Waals surface area contributed by atoms with E-state index in [1.54, 1.807) is 0 Å². The molecule has 0 fully saturated rings. The van der Waals surface area contributed by atoms with Crippen molar-refractivity contribution in [3.8, 4) is 5.75 Å². The average molecular weight is 341 g/mol. The smallest absolute Gasteiger partial charge is 0.402 e. The molecule has 1 rings (SSSR count). The molecular weight excluding hydrogens is 335 g/mol. The van der Waals surface area contributed by atoms with Gasteiger partial charge in [0.1, 0.15) is 10.6 Å². The van der Waals surface area contributed by atoms with Gasteiger partial charge in [-0.15, -0.1) is 24.8 Å². The number of ether oxygens (including phenoxy) is 1.